The number of benzene rings is 2. The number of para-hydroxylation sites is 1. The minimum atomic E-state index is -0.742. The Morgan fingerprint density at radius 1 is 1.22 bits per heavy atom. The van der Waals surface area contributed by atoms with Crippen LogP contribution in [0.25, 0.3) is 0 Å². The summed E-state index contributed by atoms with van der Waals surface area (Å²) < 4.78 is 10.6. The number of hydrogen-bond donors (Lipinski definition) is 0. The van der Waals surface area contributed by atoms with Crippen molar-refractivity contribution in [3.63, 3.8) is 0 Å². The Balaban J connectivity index is 1.99. The van der Waals surface area contributed by atoms with Crippen LogP contribution in [-0.2, 0) is 4.74 Å². The third-order valence-corrected chi connectivity index (χ3v) is 3.89. The van der Waals surface area contributed by atoms with Crippen LogP contribution in [0.2, 0.25) is 5.02 Å². The van der Waals surface area contributed by atoms with Crippen LogP contribution in [0.3, 0.4) is 0 Å². The first-order valence-electron chi connectivity index (χ1n) is 7.47. The number of hydrogen-bond acceptors (Lipinski definition) is 4. The number of ether oxygens (including phenoxy) is 2. The monoisotopic (exact) mass is 333 g/mol. The normalized spacial score (nSPS) is 11.7. The summed E-state index contributed by atoms with van der Waals surface area (Å²) in [6.07, 6.45) is -1.18. The predicted molar refractivity (Wildman–Crippen MR) is 92.2 cm³/mol. The van der Waals surface area contributed by atoms with Gasteiger partial charge in [-0.05, 0) is 56.7 Å². The molecule has 0 spiro atoms. The Morgan fingerprint density at radius 3 is 2.52 bits per heavy atom. The van der Waals surface area contributed by atoms with Crippen molar-refractivity contribution in [3.05, 3.63) is 59.1 Å². The Morgan fingerprint density at radius 2 is 1.91 bits per heavy atom. The summed E-state index contributed by atoms with van der Waals surface area (Å²) in [5.41, 5.74) is 1.82. The molecule has 2 aromatic rings. The fourth-order valence-corrected chi connectivity index (χ4v) is 2.39. The Labute approximate surface area is 141 Å². The first-order chi connectivity index (χ1) is 11.0. The maximum atomic E-state index is 12.0. The summed E-state index contributed by atoms with van der Waals surface area (Å²) in [7, 11) is 0. The summed E-state index contributed by atoms with van der Waals surface area (Å²) in [6, 6.07) is 14.8. The van der Waals surface area contributed by atoms with Crippen molar-refractivity contribution >= 4 is 23.4 Å². The average molecular weight is 334 g/mol. The van der Waals surface area contributed by atoms with E-state index >= 15 is 0 Å². The summed E-state index contributed by atoms with van der Waals surface area (Å²) in [5, 5.41) is 0.625. The molecular weight excluding hydrogens is 314 g/mol. The first-order valence-corrected chi connectivity index (χ1v) is 7.85. The highest BCUT2D eigenvalue weighted by Gasteiger charge is 2.18. The molecule has 1 unspecified atom stereocenters. The summed E-state index contributed by atoms with van der Waals surface area (Å²) in [4.78, 5) is 13.9. The van der Waals surface area contributed by atoms with Gasteiger partial charge in [0.25, 0.3) is 0 Å². The molecule has 0 saturated carbocycles. The number of aryl methyl sites for hydroxylation is 1. The van der Waals surface area contributed by atoms with Crippen molar-refractivity contribution in [2.24, 2.45) is 0 Å². The number of carbonyl (C=O) groups is 1. The van der Waals surface area contributed by atoms with E-state index in [-0.39, 0.29) is 0 Å². The third kappa shape index (κ3) is 4.63. The molecule has 0 fully saturated rings. The minimum absolute atomic E-state index is 0.409. The summed E-state index contributed by atoms with van der Waals surface area (Å²) in [6.45, 7) is 6.36. The minimum Gasteiger partial charge on any atom is -0.410 e. The third-order valence-electron chi connectivity index (χ3n) is 3.46. The van der Waals surface area contributed by atoms with E-state index in [1.54, 1.807) is 18.2 Å². The second-order valence-corrected chi connectivity index (χ2v) is 5.51. The van der Waals surface area contributed by atoms with E-state index in [9.17, 15) is 4.79 Å². The van der Waals surface area contributed by atoms with Gasteiger partial charge in [0.1, 0.15) is 5.75 Å². The smallest absolute Gasteiger partial charge is 0.410 e. The van der Waals surface area contributed by atoms with Crippen molar-refractivity contribution in [1.29, 1.82) is 0 Å². The number of carbonyl (C=O) groups excluding carboxylic acids is 1. The molecule has 0 amide bonds. The molecule has 4 nitrogen and oxygen atoms in total. The predicted octanol–water partition coefficient (Wildman–Crippen LogP) is 5.04. The summed E-state index contributed by atoms with van der Waals surface area (Å²) in [5.74, 6) is 0.409. The van der Waals surface area contributed by atoms with Gasteiger partial charge in [-0.15, -0.1) is 0 Å². The van der Waals surface area contributed by atoms with Crippen LogP contribution < -0.4 is 9.64 Å². The molecular formula is C18H20ClNO3. The second kappa shape index (κ2) is 7.88. The topological polar surface area (TPSA) is 38.8 Å². The SMILES string of the molecule is CCN(c1ccccc1)C(C)OC(=O)Oc1ccc(Cl)c(C)c1. The fraction of sp³-hybridized carbons (Fsp3) is 0.278. The molecule has 1 atom stereocenters. The molecule has 23 heavy (non-hydrogen) atoms. The van der Waals surface area contributed by atoms with Gasteiger partial charge in [-0.1, -0.05) is 29.8 Å². The zero-order chi connectivity index (χ0) is 16.8. The van der Waals surface area contributed by atoms with Crippen molar-refractivity contribution in [3.8, 4) is 5.75 Å². The van der Waals surface area contributed by atoms with Crippen LogP contribution in [0, 0.1) is 6.92 Å². The van der Waals surface area contributed by atoms with Crippen LogP contribution in [-0.4, -0.2) is 18.9 Å². The fourth-order valence-electron chi connectivity index (χ4n) is 2.27. The molecule has 0 saturated heterocycles. The van der Waals surface area contributed by atoms with Gasteiger partial charge in [0.15, 0.2) is 6.23 Å². The first kappa shape index (κ1) is 17.2. The van der Waals surface area contributed by atoms with E-state index in [0.717, 1.165) is 11.3 Å². The van der Waals surface area contributed by atoms with Gasteiger partial charge >= 0.3 is 6.16 Å². The average Bonchev–Trinajstić information content (AvgIpc) is 2.52. The van der Waals surface area contributed by atoms with Gasteiger partial charge in [-0.3, -0.25) is 0 Å². The number of nitrogens with zero attached hydrogens (tertiary/aromatic N) is 1. The van der Waals surface area contributed by atoms with E-state index in [4.69, 9.17) is 21.1 Å². The van der Waals surface area contributed by atoms with Crippen molar-refractivity contribution in [2.45, 2.75) is 27.0 Å². The van der Waals surface area contributed by atoms with Crippen LogP contribution >= 0.6 is 11.6 Å². The summed E-state index contributed by atoms with van der Waals surface area (Å²) >= 11 is 5.95. The maximum Gasteiger partial charge on any atom is 0.515 e. The van der Waals surface area contributed by atoms with Gasteiger partial charge in [-0.2, -0.15) is 0 Å². The van der Waals surface area contributed by atoms with Gasteiger partial charge < -0.3 is 14.4 Å². The standard InChI is InChI=1S/C18H20ClNO3/c1-4-20(15-8-6-5-7-9-15)14(3)22-18(21)23-16-10-11-17(19)13(2)12-16/h5-12,14H,4H2,1-3H3. The van der Waals surface area contributed by atoms with Crippen molar-refractivity contribution in [2.75, 3.05) is 11.4 Å². The van der Waals surface area contributed by atoms with Crippen molar-refractivity contribution < 1.29 is 14.3 Å². The molecule has 0 bridgehead atoms. The highest BCUT2D eigenvalue weighted by atomic mass is 35.5. The number of rotatable bonds is 5. The molecule has 122 valence electrons. The van der Waals surface area contributed by atoms with Gasteiger partial charge in [0.05, 0.1) is 0 Å². The van der Waals surface area contributed by atoms with E-state index < -0.39 is 12.4 Å². The quantitative estimate of drug-likeness (QED) is 0.436. The van der Waals surface area contributed by atoms with Crippen molar-refractivity contribution in [1.82, 2.24) is 0 Å². The van der Waals surface area contributed by atoms with E-state index in [1.165, 1.54) is 0 Å². The number of anilines is 1. The van der Waals surface area contributed by atoms with Crippen LogP contribution in [0.5, 0.6) is 5.75 Å². The van der Waals surface area contributed by atoms with Crippen LogP contribution in [0.1, 0.15) is 19.4 Å². The van der Waals surface area contributed by atoms with Gasteiger partial charge in [0.2, 0.25) is 0 Å². The zero-order valence-corrected chi connectivity index (χ0v) is 14.2. The lowest BCUT2D eigenvalue weighted by atomic mass is 10.2. The molecule has 0 heterocycles. The van der Waals surface area contributed by atoms with Gasteiger partial charge in [-0.25, -0.2) is 4.79 Å². The lowest BCUT2D eigenvalue weighted by Gasteiger charge is -2.29. The molecule has 0 aromatic heterocycles. The molecule has 0 aliphatic heterocycles. The second-order valence-electron chi connectivity index (χ2n) is 5.10. The lowest BCUT2D eigenvalue weighted by Crippen LogP contribution is -2.37. The highest BCUT2D eigenvalue weighted by Crippen LogP contribution is 2.22. The Bertz CT molecular complexity index is 661. The largest absolute Gasteiger partial charge is 0.515 e. The van der Waals surface area contributed by atoms with Crippen LogP contribution in [0.4, 0.5) is 10.5 Å². The molecule has 0 N–H and O–H groups in total. The molecule has 5 heteroatoms. The molecule has 2 aromatic carbocycles. The highest BCUT2D eigenvalue weighted by molar-refractivity contribution is 6.31. The van der Waals surface area contributed by atoms with Crippen LogP contribution in [0.15, 0.2) is 48.5 Å². The molecule has 2 rings (SSSR count). The van der Waals surface area contributed by atoms with E-state index in [0.29, 0.717) is 17.3 Å². The van der Waals surface area contributed by atoms with E-state index in [1.807, 2.05) is 56.0 Å². The Hall–Kier alpha value is -2.20. The Kier molecular flexibility index (Phi) is 5.88. The number of halogens is 1. The molecule has 0 aliphatic carbocycles. The lowest BCUT2D eigenvalue weighted by molar-refractivity contribution is 0.0645. The zero-order valence-electron chi connectivity index (χ0n) is 13.5. The maximum absolute atomic E-state index is 12.0. The molecule has 0 aliphatic rings. The van der Waals surface area contributed by atoms with Gasteiger partial charge in [0, 0.05) is 17.3 Å². The van der Waals surface area contributed by atoms with E-state index in [2.05, 4.69) is 0 Å². The molecule has 0 radical (unpaired) electrons.